The fraction of sp³-hybridized carbons (Fsp3) is 0.250. The van der Waals surface area contributed by atoms with Crippen molar-refractivity contribution in [1.29, 1.82) is 0 Å². The molecule has 0 saturated heterocycles. The van der Waals surface area contributed by atoms with Gasteiger partial charge in [0.15, 0.2) is 0 Å². The van der Waals surface area contributed by atoms with Gasteiger partial charge in [0.2, 0.25) is 0 Å². The Kier molecular flexibility index (Phi) is 4.75. The van der Waals surface area contributed by atoms with E-state index in [4.69, 9.17) is 11.6 Å². The van der Waals surface area contributed by atoms with Crippen molar-refractivity contribution in [2.75, 3.05) is 5.32 Å². The highest BCUT2D eigenvalue weighted by molar-refractivity contribution is 14.1. The predicted molar refractivity (Wildman–Crippen MR) is 86.1 cm³/mol. The number of rotatable bonds is 3. The topological polar surface area (TPSA) is 54.9 Å². The second-order valence-electron chi connectivity index (χ2n) is 4.22. The summed E-state index contributed by atoms with van der Waals surface area (Å²) in [4.78, 5) is 12.7. The molecule has 7 heteroatoms. The molecule has 0 bridgehead atoms. The molecule has 1 amide bonds. The van der Waals surface area contributed by atoms with Crippen LogP contribution in [0.1, 0.15) is 35.1 Å². The van der Waals surface area contributed by atoms with Gasteiger partial charge in [-0.2, -0.15) is 0 Å². The van der Waals surface area contributed by atoms with Crippen LogP contribution in [0.2, 0.25) is 5.02 Å². The summed E-state index contributed by atoms with van der Waals surface area (Å²) < 4.78 is 4.86. The summed E-state index contributed by atoms with van der Waals surface area (Å²) in [6.45, 7) is 3.96. The second-order valence-corrected chi connectivity index (χ2v) is 6.63. The smallest absolute Gasteiger partial charge is 0.269 e. The first-order chi connectivity index (χ1) is 8.99. The minimum atomic E-state index is -0.221. The highest BCUT2D eigenvalue weighted by Crippen LogP contribution is 2.26. The van der Waals surface area contributed by atoms with Gasteiger partial charge in [-0.3, -0.25) is 4.79 Å². The first-order valence-corrected chi connectivity index (χ1v) is 7.80. The average Bonchev–Trinajstić information content (AvgIpc) is 2.82. The molecule has 19 heavy (non-hydrogen) atoms. The molecular weight excluding hydrogens is 397 g/mol. The molecule has 1 aromatic heterocycles. The van der Waals surface area contributed by atoms with Crippen molar-refractivity contribution in [3.05, 3.63) is 37.4 Å². The normalized spacial score (nSPS) is 10.8. The van der Waals surface area contributed by atoms with Crippen LogP contribution < -0.4 is 5.32 Å². The molecule has 0 fully saturated rings. The van der Waals surface area contributed by atoms with E-state index in [1.54, 1.807) is 12.1 Å². The summed E-state index contributed by atoms with van der Waals surface area (Å²) in [7, 11) is 0. The average molecular weight is 408 g/mol. The van der Waals surface area contributed by atoms with E-state index in [-0.39, 0.29) is 11.8 Å². The SMILES string of the molecule is CC(C)c1nnsc1C(=O)Nc1ccc(I)cc1Cl. The molecule has 0 saturated carbocycles. The quantitative estimate of drug-likeness (QED) is 0.777. The van der Waals surface area contributed by atoms with Crippen LogP contribution in [-0.2, 0) is 0 Å². The van der Waals surface area contributed by atoms with E-state index in [1.807, 2.05) is 19.9 Å². The van der Waals surface area contributed by atoms with E-state index in [0.29, 0.717) is 21.3 Å². The maximum Gasteiger partial charge on any atom is 0.269 e. The zero-order chi connectivity index (χ0) is 14.0. The molecule has 2 aromatic rings. The fourth-order valence-electron chi connectivity index (χ4n) is 1.50. The van der Waals surface area contributed by atoms with Crippen LogP contribution in [0.4, 0.5) is 5.69 Å². The first-order valence-electron chi connectivity index (χ1n) is 5.57. The highest BCUT2D eigenvalue weighted by atomic mass is 127. The third-order valence-electron chi connectivity index (χ3n) is 2.45. The molecular formula is C12H11ClIN3OS. The van der Waals surface area contributed by atoms with Crippen molar-refractivity contribution in [1.82, 2.24) is 9.59 Å². The Bertz CT molecular complexity index is 615. The third kappa shape index (κ3) is 3.43. The number of aromatic nitrogens is 2. The van der Waals surface area contributed by atoms with Gasteiger partial charge >= 0.3 is 0 Å². The zero-order valence-electron chi connectivity index (χ0n) is 10.3. The molecule has 0 unspecified atom stereocenters. The van der Waals surface area contributed by atoms with Crippen LogP contribution in [0.3, 0.4) is 0 Å². The summed E-state index contributed by atoms with van der Waals surface area (Å²) in [5.74, 6) is -0.0616. The van der Waals surface area contributed by atoms with Crippen LogP contribution in [0.5, 0.6) is 0 Å². The van der Waals surface area contributed by atoms with Crippen molar-refractivity contribution >= 4 is 57.3 Å². The Labute approximate surface area is 133 Å². The lowest BCUT2D eigenvalue weighted by molar-refractivity contribution is 0.102. The highest BCUT2D eigenvalue weighted by Gasteiger charge is 2.19. The number of hydrogen-bond donors (Lipinski definition) is 1. The van der Waals surface area contributed by atoms with Gasteiger partial charge < -0.3 is 5.32 Å². The van der Waals surface area contributed by atoms with Gasteiger partial charge in [-0.1, -0.05) is 29.9 Å². The summed E-state index contributed by atoms with van der Waals surface area (Å²) >= 11 is 9.35. The fourth-order valence-corrected chi connectivity index (χ4v) is 3.12. The number of hydrogen-bond acceptors (Lipinski definition) is 4. The number of carbonyl (C=O) groups is 1. The van der Waals surface area contributed by atoms with Gasteiger partial charge in [-0.25, -0.2) is 0 Å². The van der Waals surface area contributed by atoms with Gasteiger partial charge in [-0.15, -0.1) is 5.10 Å². The Morgan fingerprint density at radius 2 is 2.21 bits per heavy atom. The number of nitrogens with zero attached hydrogens (tertiary/aromatic N) is 2. The van der Waals surface area contributed by atoms with Gasteiger partial charge in [0.25, 0.3) is 5.91 Å². The molecule has 0 spiro atoms. The lowest BCUT2D eigenvalue weighted by Gasteiger charge is -2.08. The minimum absolute atomic E-state index is 0.159. The maximum atomic E-state index is 12.2. The van der Waals surface area contributed by atoms with E-state index in [1.165, 1.54) is 0 Å². The monoisotopic (exact) mass is 407 g/mol. The van der Waals surface area contributed by atoms with Gasteiger partial charge in [0.05, 0.1) is 16.4 Å². The summed E-state index contributed by atoms with van der Waals surface area (Å²) in [5, 5.41) is 7.30. The minimum Gasteiger partial charge on any atom is -0.320 e. The number of amides is 1. The van der Waals surface area contributed by atoms with E-state index in [0.717, 1.165) is 15.1 Å². The lowest BCUT2D eigenvalue weighted by atomic mass is 10.1. The summed E-state index contributed by atoms with van der Waals surface area (Å²) in [6, 6.07) is 5.47. The maximum absolute atomic E-state index is 12.2. The number of halogens is 2. The van der Waals surface area contributed by atoms with Crippen molar-refractivity contribution in [2.24, 2.45) is 0 Å². The zero-order valence-corrected chi connectivity index (χ0v) is 14.0. The Hall–Kier alpha value is -0.730. The van der Waals surface area contributed by atoms with Gasteiger partial charge in [0.1, 0.15) is 4.88 Å². The van der Waals surface area contributed by atoms with Crippen molar-refractivity contribution in [3.8, 4) is 0 Å². The third-order valence-corrected chi connectivity index (χ3v) is 4.17. The molecule has 0 aliphatic heterocycles. The largest absolute Gasteiger partial charge is 0.320 e. The number of benzene rings is 1. The molecule has 0 aliphatic rings. The predicted octanol–water partition coefficient (Wildman–Crippen LogP) is 4.17. The second kappa shape index (κ2) is 6.15. The molecule has 1 N–H and O–H groups in total. The van der Waals surface area contributed by atoms with E-state index >= 15 is 0 Å². The van der Waals surface area contributed by atoms with Crippen molar-refractivity contribution in [2.45, 2.75) is 19.8 Å². The molecule has 0 aliphatic carbocycles. The molecule has 2 rings (SSSR count). The Morgan fingerprint density at radius 3 is 2.84 bits per heavy atom. The van der Waals surface area contributed by atoms with Crippen molar-refractivity contribution < 1.29 is 4.79 Å². The van der Waals surface area contributed by atoms with E-state index in [2.05, 4.69) is 37.5 Å². The van der Waals surface area contributed by atoms with Crippen LogP contribution in [0.15, 0.2) is 18.2 Å². The first kappa shape index (κ1) is 14.7. The molecule has 1 aromatic carbocycles. The number of anilines is 1. The molecule has 1 heterocycles. The van der Waals surface area contributed by atoms with Crippen LogP contribution in [0.25, 0.3) is 0 Å². The molecule has 100 valence electrons. The Balaban J connectivity index is 2.23. The summed E-state index contributed by atoms with van der Waals surface area (Å²) in [6.07, 6.45) is 0. The van der Waals surface area contributed by atoms with E-state index < -0.39 is 0 Å². The number of nitrogens with one attached hydrogen (secondary N) is 1. The van der Waals surface area contributed by atoms with Crippen LogP contribution >= 0.6 is 45.7 Å². The summed E-state index contributed by atoms with van der Waals surface area (Å²) in [5.41, 5.74) is 1.30. The molecule has 0 radical (unpaired) electrons. The lowest BCUT2D eigenvalue weighted by Crippen LogP contribution is -2.13. The standard InChI is InChI=1S/C12H11ClIN3OS/c1-6(2)10-11(19-17-16-10)12(18)15-9-4-3-7(14)5-8(9)13/h3-6H,1-2H3,(H,15,18). The van der Waals surface area contributed by atoms with Crippen LogP contribution in [0, 0.1) is 3.57 Å². The molecule has 0 atom stereocenters. The molecule has 4 nitrogen and oxygen atoms in total. The van der Waals surface area contributed by atoms with Crippen molar-refractivity contribution in [3.63, 3.8) is 0 Å². The Morgan fingerprint density at radius 1 is 1.47 bits per heavy atom. The number of carbonyl (C=O) groups excluding carboxylic acids is 1. The van der Waals surface area contributed by atoms with Gasteiger partial charge in [-0.05, 0) is 58.2 Å². The van der Waals surface area contributed by atoms with Gasteiger partial charge in [0, 0.05) is 3.57 Å². The van der Waals surface area contributed by atoms with Crippen LogP contribution in [-0.4, -0.2) is 15.5 Å². The van der Waals surface area contributed by atoms with E-state index in [9.17, 15) is 4.79 Å².